The van der Waals surface area contributed by atoms with Crippen LogP contribution in [0, 0.1) is 6.92 Å². The number of nitrogens with one attached hydrogen (secondary N) is 2. The Morgan fingerprint density at radius 3 is 2.44 bits per heavy atom. The quantitative estimate of drug-likeness (QED) is 0.874. The second-order valence-corrected chi connectivity index (χ2v) is 6.68. The van der Waals surface area contributed by atoms with Crippen LogP contribution in [0.2, 0.25) is 0 Å². The second-order valence-electron chi connectivity index (χ2n) is 6.68. The predicted octanol–water partition coefficient (Wildman–Crippen LogP) is 4.31. The van der Waals surface area contributed by atoms with Crippen molar-refractivity contribution in [3.8, 4) is 0 Å². The third-order valence-corrected chi connectivity index (χ3v) is 4.64. The van der Waals surface area contributed by atoms with Gasteiger partial charge in [0.05, 0.1) is 11.3 Å². The van der Waals surface area contributed by atoms with E-state index >= 15 is 0 Å². The van der Waals surface area contributed by atoms with Crippen LogP contribution in [0.1, 0.15) is 58.4 Å². The number of benzene rings is 2. The first-order valence-electron chi connectivity index (χ1n) is 8.91. The normalized spacial score (nSPS) is 14.8. The van der Waals surface area contributed by atoms with Gasteiger partial charge in [0.1, 0.15) is 0 Å². The lowest BCUT2D eigenvalue weighted by Gasteiger charge is -2.23. The molecule has 0 unspecified atom stereocenters. The van der Waals surface area contributed by atoms with Crippen molar-refractivity contribution in [1.29, 1.82) is 0 Å². The van der Waals surface area contributed by atoms with Crippen LogP contribution in [0.4, 0.5) is 5.69 Å². The van der Waals surface area contributed by atoms with E-state index in [9.17, 15) is 9.59 Å². The third-order valence-electron chi connectivity index (χ3n) is 4.64. The fraction of sp³-hybridized carbons (Fsp3) is 0.333. The van der Waals surface area contributed by atoms with E-state index in [1.807, 2.05) is 37.3 Å². The van der Waals surface area contributed by atoms with Crippen LogP contribution in [0.3, 0.4) is 0 Å². The molecule has 2 amide bonds. The highest BCUT2D eigenvalue weighted by molar-refractivity contribution is 6.09. The van der Waals surface area contributed by atoms with E-state index in [1.165, 1.54) is 6.42 Å². The molecule has 0 atom stereocenters. The number of rotatable bonds is 4. The summed E-state index contributed by atoms with van der Waals surface area (Å²) in [6.07, 6.45) is 5.63. The molecule has 1 aliphatic carbocycles. The van der Waals surface area contributed by atoms with Crippen molar-refractivity contribution in [3.63, 3.8) is 0 Å². The Bertz CT molecular complexity index is 764. The number of hydrogen-bond acceptors (Lipinski definition) is 2. The summed E-state index contributed by atoms with van der Waals surface area (Å²) in [4.78, 5) is 25.1. The Kier molecular flexibility index (Phi) is 5.49. The summed E-state index contributed by atoms with van der Waals surface area (Å²) in [5.41, 5.74) is 2.66. The van der Waals surface area contributed by atoms with Crippen molar-refractivity contribution in [2.24, 2.45) is 0 Å². The van der Waals surface area contributed by atoms with Gasteiger partial charge in [-0.3, -0.25) is 9.59 Å². The molecule has 1 fully saturated rings. The molecule has 4 heteroatoms. The summed E-state index contributed by atoms with van der Waals surface area (Å²) in [6.45, 7) is 1.95. The summed E-state index contributed by atoms with van der Waals surface area (Å²) in [6, 6.07) is 14.8. The molecule has 2 aromatic carbocycles. The van der Waals surface area contributed by atoms with Gasteiger partial charge in [-0.25, -0.2) is 0 Å². The summed E-state index contributed by atoms with van der Waals surface area (Å²) in [5, 5.41) is 5.98. The van der Waals surface area contributed by atoms with Crippen LogP contribution in [0.15, 0.2) is 48.5 Å². The van der Waals surface area contributed by atoms with Gasteiger partial charge in [-0.05, 0) is 44.0 Å². The molecule has 1 saturated carbocycles. The first-order valence-corrected chi connectivity index (χ1v) is 8.91. The van der Waals surface area contributed by atoms with E-state index in [-0.39, 0.29) is 17.9 Å². The van der Waals surface area contributed by atoms with Gasteiger partial charge >= 0.3 is 0 Å². The molecule has 1 aliphatic rings. The first-order chi connectivity index (χ1) is 12.1. The number of anilines is 1. The minimum absolute atomic E-state index is 0.118. The monoisotopic (exact) mass is 336 g/mol. The maximum Gasteiger partial charge on any atom is 0.255 e. The Morgan fingerprint density at radius 2 is 1.68 bits per heavy atom. The van der Waals surface area contributed by atoms with Crippen LogP contribution in [0.25, 0.3) is 0 Å². The largest absolute Gasteiger partial charge is 0.349 e. The number of carbonyl (C=O) groups excluding carboxylic acids is 2. The fourth-order valence-corrected chi connectivity index (χ4v) is 3.28. The zero-order valence-corrected chi connectivity index (χ0v) is 14.5. The van der Waals surface area contributed by atoms with E-state index in [1.54, 1.807) is 18.2 Å². The molecule has 0 aromatic heterocycles. The maximum absolute atomic E-state index is 12.6. The Hall–Kier alpha value is -2.62. The molecule has 0 radical (unpaired) electrons. The molecule has 0 saturated heterocycles. The topological polar surface area (TPSA) is 58.2 Å². The summed E-state index contributed by atoms with van der Waals surface area (Å²) in [7, 11) is 0. The van der Waals surface area contributed by atoms with Crippen LogP contribution in [-0.4, -0.2) is 17.9 Å². The van der Waals surface area contributed by atoms with Gasteiger partial charge in [-0.1, -0.05) is 49.1 Å². The zero-order chi connectivity index (χ0) is 17.6. The second kappa shape index (κ2) is 7.97. The molecule has 130 valence electrons. The van der Waals surface area contributed by atoms with E-state index in [0.29, 0.717) is 16.8 Å². The number of hydrogen-bond donors (Lipinski definition) is 2. The summed E-state index contributed by atoms with van der Waals surface area (Å²) in [5.74, 6) is -0.325. The van der Waals surface area contributed by atoms with Crippen LogP contribution in [-0.2, 0) is 0 Å². The molecule has 4 nitrogen and oxygen atoms in total. The third kappa shape index (κ3) is 4.47. The lowest BCUT2D eigenvalue weighted by atomic mass is 9.95. The minimum atomic E-state index is -0.207. The van der Waals surface area contributed by atoms with Gasteiger partial charge in [-0.2, -0.15) is 0 Å². The van der Waals surface area contributed by atoms with Crippen molar-refractivity contribution in [2.45, 2.75) is 45.1 Å². The summed E-state index contributed by atoms with van der Waals surface area (Å²) < 4.78 is 0. The zero-order valence-electron chi connectivity index (χ0n) is 14.5. The molecular weight excluding hydrogens is 312 g/mol. The minimum Gasteiger partial charge on any atom is -0.349 e. The van der Waals surface area contributed by atoms with Gasteiger partial charge in [0.2, 0.25) is 0 Å². The SMILES string of the molecule is Cc1cccc(C(=O)Nc2ccccc2C(=O)NC2CCCCC2)c1. The smallest absolute Gasteiger partial charge is 0.255 e. The number of para-hydroxylation sites is 1. The molecule has 0 aliphatic heterocycles. The fourth-order valence-electron chi connectivity index (χ4n) is 3.28. The van der Waals surface area contributed by atoms with Gasteiger partial charge in [-0.15, -0.1) is 0 Å². The average Bonchev–Trinajstić information content (AvgIpc) is 2.63. The number of aryl methyl sites for hydroxylation is 1. The lowest BCUT2D eigenvalue weighted by Crippen LogP contribution is -2.36. The average molecular weight is 336 g/mol. The molecular formula is C21H24N2O2. The highest BCUT2D eigenvalue weighted by Crippen LogP contribution is 2.20. The number of carbonyl (C=O) groups is 2. The highest BCUT2D eigenvalue weighted by atomic mass is 16.2. The molecule has 2 N–H and O–H groups in total. The van der Waals surface area contributed by atoms with Gasteiger partial charge < -0.3 is 10.6 Å². The summed E-state index contributed by atoms with van der Waals surface area (Å²) >= 11 is 0. The highest BCUT2D eigenvalue weighted by Gasteiger charge is 2.19. The Balaban J connectivity index is 1.74. The Labute approximate surface area is 148 Å². The van der Waals surface area contributed by atoms with Crippen LogP contribution >= 0.6 is 0 Å². The van der Waals surface area contributed by atoms with Crippen LogP contribution in [0.5, 0.6) is 0 Å². The van der Waals surface area contributed by atoms with Crippen molar-refractivity contribution in [3.05, 3.63) is 65.2 Å². The van der Waals surface area contributed by atoms with Crippen LogP contribution < -0.4 is 10.6 Å². The molecule has 2 aromatic rings. The van der Waals surface area contributed by atoms with Crippen molar-refractivity contribution in [1.82, 2.24) is 5.32 Å². The van der Waals surface area contributed by atoms with Gasteiger partial charge in [0, 0.05) is 11.6 Å². The molecule has 25 heavy (non-hydrogen) atoms. The van der Waals surface area contributed by atoms with E-state index < -0.39 is 0 Å². The Morgan fingerprint density at radius 1 is 0.920 bits per heavy atom. The van der Waals surface area contributed by atoms with E-state index in [0.717, 1.165) is 31.2 Å². The molecule has 0 bridgehead atoms. The predicted molar refractivity (Wildman–Crippen MR) is 99.9 cm³/mol. The van der Waals surface area contributed by atoms with Gasteiger partial charge in [0.15, 0.2) is 0 Å². The molecule has 3 rings (SSSR count). The van der Waals surface area contributed by atoms with E-state index in [2.05, 4.69) is 10.6 Å². The van der Waals surface area contributed by atoms with Gasteiger partial charge in [0.25, 0.3) is 11.8 Å². The van der Waals surface area contributed by atoms with Crippen molar-refractivity contribution < 1.29 is 9.59 Å². The lowest BCUT2D eigenvalue weighted by molar-refractivity contribution is 0.0928. The standard InChI is InChI=1S/C21H24N2O2/c1-15-8-7-9-16(14-15)20(24)23-19-13-6-5-12-18(19)21(25)22-17-10-3-2-4-11-17/h5-9,12-14,17H,2-4,10-11H2,1H3,(H,22,25)(H,23,24). The first kappa shape index (κ1) is 17.2. The number of amides is 2. The van der Waals surface area contributed by atoms with Crippen molar-refractivity contribution in [2.75, 3.05) is 5.32 Å². The van der Waals surface area contributed by atoms with Crippen molar-refractivity contribution >= 4 is 17.5 Å². The van der Waals surface area contributed by atoms with E-state index in [4.69, 9.17) is 0 Å². The maximum atomic E-state index is 12.6. The molecule has 0 heterocycles. The molecule has 0 spiro atoms.